The van der Waals surface area contributed by atoms with Gasteiger partial charge in [-0.25, -0.2) is 9.78 Å². The fourth-order valence-electron chi connectivity index (χ4n) is 2.02. The van der Waals surface area contributed by atoms with Crippen molar-refractivity contribution in [2.75, 3.05) is 5.73 Å². The monoisotopic (exact) mass is 249 g/mol. The first-order valence-electron chi connectivity index (χ1n) is 5.99. The second kappa shape index (κ2) is 4.15. The van der Waals surface area contributed by atoms with Crippen molar-refractivity contribution in [3.05, 3.63) is 22.9 Å². The van der Waals surface area contributed by atoms with Crippen LogP contribution in [0, 0.1) is 6.92 Å². The maximum absolute atomic E-state index is 12.0. The van der Waals surface area contributed by atoms with E-state index < -0.39 is 5.60 Å². The van der Waals surface area contributed by atoms with Gasteiger partial charge in [0.2, 0.25) is 0 Å². The number of aryl methyl sites for hydroxylation is 1. The van der Waals surface area contributed by atoms with E-state index in [0.29, 0.717) is 18.9 Å². The summed E-state index contributed by atoms with van der Waals surface area (Å²) in [5, 5.41) is 0. The zero-order valence-electron chi connectivity index (χ0n) is 11.3. The highest BCUT2D eigenvalue weighted by atomic mass is 16.6. The molecule has 5 nitrogen and oxygen atoms in total. The van der Waals surface area contributed by atoms with Gasteiger partial charge < -0.3 is 10.5 Å². The van der Waals surface area contributed by atoms with Gasteiger partial charge in [0.25, 0.3) is 0 Å². The van der Waals surface area contributed by atoms with Crippen molar-refractivity contribution < 1.29 is 9.53 Å². The van der Waals surface area contributed by atoms with Crippen LogP contribution in [0.25, 0.3) is 0 Å². The van der Waals surface area contributed by atoms with Gasteiger partial charge >= 0.3 is 6.09 Å². The molecule has 1 amide bonds. The zero-order chi connectivity index (χ0) is 13.5. The van der Waals surface area contributed by atoms with Crippen molar-refractivity contribution in [3.63, 3.8) is 0 Å². The van der Waals surface area contributed by atoms with Gasteiger partial charge in [-0.15, -0.1) is 0 Å². The predicted octanol–water partition coefficient (Wildman–Crippen LogP) is 2.22. The van der Waals surface area contributed by atoms with Gasteiger partial charge in [0.1, 0.15) is 11.4 Å². The summed E-state index contributed by atoms with van der Waals surface area (Å²) in [5.74, 6) is 0.497. The van der Waals surface area contributed by atoms with E-state index in [1.807, 2.05) is 33.8 Å². The maximum atomic E-state index is 12.0. The average molecular weight is 249 g/mol. The van der Waals surface area contributed by atoms with Crippen LogP contribution in [0.5, 0.6) is 0 Å². The quantitative estimate of drug-likeness (QED) is 0.765. The molecule has 0 aromatic carbocycles. The molecule has 0 unspecified atom stereocenters. The fourth-order valence-corrected chi connectivity index (χ4v) is 2.02. The summed E-state index contributed by atoms with van der Waals surface area (Å²) in [5.41, 5.74) is 8.26. The highest BCUT2D eigenvalue weighted by Crippen LogP contribution is 2.26. The van der Waals surface area contributed by atoms with Gasteiger partial charge in [0, 0.05) is 0 Å². The minimum Gasteiger partial charge on any atom is -0.444 e. The lowest BCUT2D eigenvalue weighted by atomic mass is 10.1. The molecule has 2 rings (SSSR count). The summed E-state index contributed by atoms with van der Waals surface area (Å²) in [6, 6.07) is 1.83. The number of nitrogens with zero attached hydrogens (tertiary/aromatic N) is 2. The molecular weight excluding hydrogens is 230 g/mol. The van der Waals surface area contributed by atoms with Crippen molar-refractivity contribution in [1.29, 1.82) is 0 Å². The van der Waals surface area contributed by atoms with E-state index in [2.05, 4.69) is 4.98 Å². The van der Waals surface area contributed by atoms with Crippen LogP contribution in [0.2, 0.25) is 0 Å². The van der Waals surface area contributed by atoms with Gasteiger partial charge in [-0.05, 0) is 44.9 Å². The number of amides is 1. The molecule has 1 aliphatic heterocycles. The Kier molecular flexibility index (Phi) is 2.92. The summed E-state index contributed by atoms with van der Waals surface area (Å²) >= 11 is 0. The number of nitrogen functional groups attached to an aromatic ring is 1. The highest BCUT2D eigenvalue weighted by molar-refractivity contribution is 5.69. The van der Waals surface area contributed by atoms with Crippen molar-refractivity contribution in [3.8, 4) is 0 Å². The third-order valence-corrected chi connectivity index (χ3v) is 2.79. The molecule has 0 atom stereocenters. The highest BCUT2D eigenvalue weighted by Gasteiger charge is 2.29. The van der Waals surface area contributed by atoms with Crippen LogP contribution in [0.3, 0.4) is 0 Å². The Morgan fingerprint density at radius 3 is 2.72 bits per heavy atom. The number of anilines is 1. The Morgan fingerprint density at radius 2 is 2.11 bits per heavy atom. The van der Waals surface area contributed by atoms with Crippen LogP contribution in [-0.2, 0) is 17.8 Å². The Bertz CT molecular complexity index is 492. The van der Waals surface area contributed by atoms with E-state index in [1.165, 1.54) is 0 Å². The Morgan fingerprint density at radius 1 is 1.44 bits per heavy atom. The number of nitrogens with two attached hydrogens (primary N) is 1. The minimum atomic E-state index is -0.479. The lowest BCUT2D eigenvalue weighted by Gasteiger charge is -2.24. The minimum absolute atomic E-state index is 0.307. The first-order valence-corrected chi connectivity index (χ1v) is 5.99. The SMILES string of the molecule is Cc1cc(N)nc2c1CN(C(=O)OC(C)(C)C)C2. The van der Waals surface area contributed by atoms with Gasteiger partial charge in [-0.3, -0.25) is 4.90 Å². The molecule has 0 saturated carbocycles. The van der Waals surface area contributed by atoms with E-state index in [9.17, 15) is 4.79 Å². The van der Waals surface area contributed by atoms with Gasteiger partial charge in [-0.1, -0.05) is 0 Å². The smallest absolute Gasteiger partial charge is 0.410 e. The fraction of sp³-hybridized carbons (Fsp3) is 0.538. The Hall–Kier alpha value is -1.78. The topological polar surface area (TPSA) is 68.5 Å². The number of hydrogen-bond donors (Lipinski definition) is 1. The summed E-state index contributed by atoms with van der Waals surface area (Å²) < 4.78 is 5.35. The summed E-state index contributed by atoms with van der Waals surface area (Å²) in [7, 11) is 0. The lowest BCUT2D eigenvalue weighted by Crippen LogP contribution is -2.33. The molecule has 0 aliphatic carbocycles. The predicted molar refractivity (Wildman–Crippen MR) is 68.9 cm³/mol. The number of hydrogen-bond acceptors (Lipinski definition) is 4. The van der Waals surface area contributed by atoms with Crippen molar-refractivity contribution in [2.45, 2.75) is 46.4 Å². The number of ether oxygens (including phenoxy) is 1. The molecule has 2 N–H and O–H groups in total. The van der Waals surface area contributed by atoms with Crippen molar-refractivity contribution >= 4 is 11.9 Å². The number of pyridine rings is 1. The second-order valence-corrected chi connectivity index (χ2v) is 5.63. The standard InChI is InChI=1S/C13H19N3O2/c1-8-5-11(14)15-10-7-16(6-9(8)10)12(17)18-13(2,3)4/h5H,6-7H2,1-4H3,(H2,14,15). The zero-order valence-corrected chi connectivity index (χ0v) is 11.3. The van der Waals surface area contributed by atoms with Crippen LogP contribution in [0.1, 0.15) is 37.6 Å². The molecule has 0 radical (unpaired) electrons. The van der Waals surface area contributed by atoms with E-state index in [4.69, 9.17) is 10.5 Å². The molecule has 18 heavy (non-hydrogen) atoms. The largest absolute Gasteiger partial charge is 0.444 e. The normalized spacial score (nSPS) is 14.6. The van der Waals surface area contributed by atoms with E-state index in [-0.39, 0.29) is 6.09 Å². The van der Waals surface area contributed by atoms with Crippen LogP contribution in [0.15, 0.2) is 6.07 Å². The number of carbonyl (C=O) groups is 1. The maximum Gasteiger partial charge on any atom is 0.410 e. The van der Waals surface area contributed by atoms with Crippen LogP contribution >= 0.6 is 0 Å². The summed E-state index contributed by atoms with van der Waals surface area (Å²) in [6.07, 6.45) is -0.307. The molecule has 0 fully saturated rings. The molecule has 5 heteroatoms. The molecule has 2 heterocycles. The number of aromatic nitrogens is 1. The third kappa shape index (κ3) is 2.55. The Balaban J connectivity index is 2.15. The van der Waals surface area contributed by atoms with Crippen molar-refractivity contribution in [1.82, 2.24) is 9.88 Å². The second-order valence-electron chi connectivity index (χ2n) is 5.63. The molecular formula is C13H19N3O2. The van der Waals surface area contributed by atoms with Gasteiger partial charge in [0.05, 0.1) is 18.8 Å². The molecule has 1 aromatic rings. The van der Waals surface area contributed by atoms with Crippen LogP contribution in [0.4, 0.5) is 10.6 Å². The first-order chi connectivity index (χ1) is 8.26. The summed E-state index contributed by atoms with van der Waals surface area (Å²) in [6.45, 7) is 8.57. The average Bonchev–Trinajstić information content (AvgIpc) is 2.58. The third-order valence-electron chi connectivity index (χ3n) is 2.79. The molecule has 98 valence electrons. The molecule has 0 bridgehead atoms. The lowest BCUT2D eigenvalue weighted by molar-refractivity contribution is 0.0240. The molecule has 0 saturated heterocycles. The number of carbonyl (C=O) groups excluding carboxylic acids is 1. The summed E-state index contributed by atoms with van der Waals surface area (Å²) in [4.78, 5) is 17.9. The van der Waals surface area contributed by atoms with Gasteiger partial charge in [-0.2, -0.15) is 0 Å². The van der Waals surface area contributed by atoms with Crippen LogP contribution < -0.4 is 5.73 Å². The Labute approximate surface area is 107 Å². The molecule has 0 spiro atoms. The number of rotatable bonds is 0. The molecule has 1 aliphatic rings. The number of fused-ring (bicyclic) bond motifs is 1. The van der Waals surface area contributed by atoms with E-state index >= 15 is 0 Å². The van der Waals surface area contributed by atoms with E-state index in [0.717, 1.165) is 16.8 Å². The van der Waals surface area contributed by atoms with Crippen molar-refractivity contribution in [2.24, 2.45) is 0 Å². The molecule has 1 aromatic heterocycles. The van der Waals surface area contributed by atoms with Gasteiger partial charge in [0.15, 0.2) is 0 Å². The van der Waals surface area contributed by atoms with Crippen LogP contribution in [-0.4, -0.2) is 21.6 Å². The van der Waals surface area contributed by atoms with E-state index in [1.54, 1.807) is 4.90 Å². The first kappa shape index (κ1) is 12.7.